The number of nitrogens with one attached hydrogen (secondary N) is 1. The number of rotatable bonds is 5. The molecular formula is C18H21N7O2. The number of aryl methyl sites for hydroxylation is 1. The fourth-order valence-corrected chi connectivity index (χ4v) is 2.84. The van der Waals surface area contributed by atoms with Crippen molar-refractivity contribution >= 4 is 11.6 Å². The Morgan fingerprint density at radius 3 is 2.44 bits per heavy atom. The van der Waals surface area contributed by atoms with Crippen molar-refractivity contribution in [3.05, 3.63) is 59.0 Å². The van der Waals surface area contributed by atoms with E-state index in [0.29, 0.717) is 19.8 Å². The molecular weight excluding hydrogens is 346 g/mol. The van der Waals surface area contributed by atoms with Gasteiger partial charge in [0.05, 0.1) is 18.9 Å². The molecule has 4 rings (SSSR count). The number of ether oxygens (including phenoxy) is 1. The summed E-state index contributed by atoms with van der Waals surface area (Å²) in [5.74, 6) is 0.743. The molecule has 140 valence electrons. The van der Waals surface area contributed by atoms with E-state index in [1.807, 2.05) is 36.7 Å². The van der Waals surface area contributed by atoms with Crippen LogP contribution in [0.3, 0.4) is 0 Å². The predicted molar refractivity (Wildman–Crippen MR) is 101 cm³/mol. The summed E-state index contributed by atoms with van der Waals surface area (Å²) in [5.41, 5.74) is 2.49. The van der Waals surface area contributed by atoms with Crippen LogP contribution in [-0.4, -0.2) is 50.6 Å². The first-order valence-corrected chi connectivity index (χ1v) is 8.79. The molecule has 2 aromatic heterocycles. The van der Waals surface area contributed by atoms with E-state index in [0.717, 1.165) is 36.0 Å². The number of aromatic nitrogens is 5. The summed E-state index contributed by atoms with van der Waals surface area (Å²) in [5, 5.41) is 7.41. The van der Waals surface area contributed by atoms with Gasteiger partial charge in [0.2, 0.25) is 5.95 Å². The maximum atomic E-state index is 11.9. The summed E-state index contributed by atoms with van der Waals surface area (Å²) in [7, 11) is 1.67. The maximum Gasteiger partial charge on any atom is 0.350 e. The Labute approximate surface area is 156 Å². The summed E-state index contributed by atoms with van der Waals surface area (Å²) < 4.78 is 8.15. The normalized spacial score (nSPS) is 14.3. The summed E-state index contributed by atoms with van der Waals surface area (Å²) in [6, 6.07) is 7.54. The van der Waals surface area contributed by atoms with Crippen LogP contribution in [0.2, 0.25) is 0 Å². The zero-order valence-electron chi connectivity index (χ0n) is 15.1. The van der Waals surface area contributed by atoms with Gasteiger partial charge in [-0.3, -0.25) is 4.57 Å². The number of hydrogen-bond acceptors (Lipinski definition) is 7. The third kappa shape index (κ3) is 3.82. The maximum absolute atomic E-state index is 11.9. The van der Waals surface area contributed by atoms with E-state index in [-0.39, 0.29) is 5.69 Å². The van der Waals surface area contributed by atoms with Crippen LogP contribution in [0, 0.1) is 0 Å². The quantitative estimate of drug-likeness (QED) is 0.714. The summed E-state index contributed by atoms with van der Waals surface area (Å²) in [6.45, 7) is 3.69. The average molecular weight is 367 g/mol. The van der Waals surface area contributed by atoms with Crippen LogP contribution in [0.4, 0.5) is 11.6 Å². The van der Waals surface area contributed by atoms with Crippen LogP contribution >= 0.6 is 0 Å². The molecule has 3 aromatic rings. The van der Waals surface area contributed by atoms with Crippen LogP contribution < -0.4 is 15.9 Å². The second-order valence-electron chi connectivity index (χ2n) is 6.33. The lowest BCUT2D eigenvalue weighted by Crippen LogP contribution is -2.37. The summed E-state index contributed by atoms with van der Waals surface area (Å²) in [6.07, 6.45) is 5.17. The molecule has 1 aliphatic rings. The minimum Gasteiger partial charge on any atom is -0.381 e. The zero-order valence-corrected chi connectivity index (χ0v) is 15.1. The molecule has 0 saturated carbocycles. The molecule has 0 bridgehead atoms. The predicted octanol–water partition coefficient (Wildman–Crippen LogP) is 0.810. The molecule has 0 radical (unpaired) electrons. The van der Waals surface area contributed by atoms with Gasteiger partial charge in [0.25, 0.3) is 0 Å². The summed E-state index contributed by atoms with van der Waals surface area (Å²) >= 11 is 0. The minimum atomic E-state index is -0.173. The van der Waals surface area contributed by atoms with Crippen molar-refractivity contribution in [2.45, 2.75) is 6.54 Å². The van der Waals surface area contributed by atoms with Gasteiger partial charge in [-0.2, -0.15) is 9.78 Å². The molecule has 9 nitrogen and oxygen atoms in total. The first-order chi connectivity index (χ1) is 13.2. The van der Waals surface area contributed by atoms with Crippen molar-refractivity contribution in [1.29, 1.82) is 0 Å². The third-order valence-corrected chi connectivity index (χ3v) is 4.42. The fraction of sp³-hybridized carbons (Fsp3) is 0.333. The highest BCUT2D eigenvalue weighted by Crippen LogP contribution is 2.14. The largest absolute Gasteiger partial charge is 0.381 e. The highest BCUT2D eigenvalue weighted by molar-refractivity contribution is 5.48. The van der Waals surface area contributed by atoms with Gasteiger partial charge in [-0.25, -0.2) is 14.8 Å². The van der Waals surface area contributed by atoms with E-state index in [4.69, 9.17) is 4.74 Å². The Kier molecular flexibility index (Phi) is 4.84. The lowest BCUT2D eigenvalue weighted by molar-refractivity contribution is 0.122. The number of hydrogen-bond donors (Lipinski definition) is 1. The fourth-order valence-electron chi connectivity index (χ4n) is 2.84. The SMILES string of the molecule is Cn1cnn(-c2ccc(NCc3cnc(N4CCOCC4)nc3)cc2)c1=O. The van der Waals surface area contributed by atoms with Crippen molar-refractivity contribution < 1.29 is 4.74 Å². The second-order valence-corrected chi connectivity index (χ2v) is 6.33. The van der Waals surface area contributed by atoms with Gasteiger partial charge < -0.3 is 15.0 Å². The Morgan fingerprint density at radius 1 is 1.11 bits per heavy atom. The molecule has 1 aliphatic heterocycles. The van der Waals surface area contributed by atoms with Crippen molar-refractivity contribution in [3.63, 3.8) is 0 Å². The van der Waals surface area contributed by atoms with Crippen LogP contribution in [0.25, 0.3) is 5.69 Å². The van der Waals surface area contributed by atoms with Gasteiger partial charge in [-0.15, -0.1) is 0 Å². The van der Waals surface area contributed by atoms with Gasteiger partial charge in [-0.05, 0) is 24.3 Å². The Hall–Kier alpha value is -3.20. The average Bonchev–Trinajstić information content (AvgIpc) is 3.06. The smallest absolute Gasteiger partial charge is 0.350 e. The molecule has 0 unspecified atom stereocenters. The van der Waals surface area contributed by atoms with Crippen molar-refractivity contribution in [1.82, 2.24) is 24.3 Å². The molecule has 1 fully saturated rings. The minimum absolute atomic E-state index is 0.173. The lowest BCUT2D eigenvalue weighted by Gasteiger charge is -2.26. The molecule has 0 aliphatic carbocycles. The van der Waals surface area contributed by atoms with Crippen molar-refractivity contribution in [2.75, 3.05) is 36.5 Å². The first kappa shape index (κ1) is 17.2. The van der Waals surface area contributed by atoms with Crippen LogP contribution in [0.5, 0.6) is 0 Å². The van der Waals surface area contributed by atoms with Crippen LogP contribution in [0.15, 0.2) is 47.8 Å². The van der Waals surface area contributed by atoms with E-state index < -0.39 is 0 Å². The molecule has 27 heavy (non-hydrogen) atoms. The number of anilines is 2. The molecule has 9 heteroatoms. The standard InChI is InChI=1S/C18H21N7O2/c1-23-13-22-25(18(23)26)16-4-2-15(3-5-16)19-10-14-11-20-17(21-12-14)24-6-8-27-9-7-24/h2-5,11-13,19H,6-10H2,1H3. The monoisotopic (exact) mass is 367 g/mol. The highest BCUT2D eigenvalue weighted by Gasteiger charge is 2.13. The van der Waals surface area contributed by atoms with Gasteiger partial charge in [0, 0.05) is 50.3 Å². The molecule has 1 N–H and O–H groups in total. The van der Waals surface area contributed by atoms with E-state index in [1.165, 1.54) is 15.6 Å². The Balaban J connectivity index is 1.37. The molecule has 0 amide bonds. The Bertz CT molecular complexity index is 941. The molecule has 1 aromatic carbocycles. The highest BCUT2D eigenvalue weighted by atomic mass is 16.5. The Morgan fingerprint density at radius 2 is 1.81 bits per heavy atom. The second kappa shape index (κ2) is 7.58. The number of morpholine rings is 1. The van der Waals surface area contributed by atoms with Gasteiger partial charge in [-0.1, -0.05) is 0 Å². The molecule has 3 heterocycles. The van der Waals surface area contributed by atoms with Crippen LogP contribution in [-0.2, 0) is 18.3 Å². The molecule has 0 spiro atoms. The van der Waals surface area contributed by atoms with E-state index in [9.17, 15) is 4.79 Å². The molecule has 1 saturated heterocycles. The van der Waals surface area contributed by atoms with Gasteiger partial charge in [0.15, 0.2) is 0 Å². The lowest BCUT2D eigenvalue weighted by atomic mass is 10.2. The summed E-state index contributed by atoms with van der Waals surface area (Å²) in [4.78, 5) is 23.0. The molecule has 0 atom stereocenters. The third-order valence-electron chi connectivity index (χ3n) is 4.42. The van der Waals surface area contributed by atoms with E-state index in [2.05, 4.69) is 25.3 Å². The van der Waals surface area contributed by atoms with Gasteiger partial charge in [0.1, 0.15) is 6.33 Å². The van der Waals surface area contributed by atoms with Crippen molar-refractivity contribution in [3.8, 4) is 5.69 Å². The number of nitrogens with zero attached hydrogens (tertiary/aromatic N) is 6. The number of benzene rings is 1. The van der Waals surface area contributed by atoms with Gasteiger partial charge >= 0.3 is 5.69 Å². The first-order valence-electron chi connectivity index (χ1n) is 8.79. The van der Waals surface area contributed by atoms with E-state index in [1.54, 1.807) is 7.05 Å². The topological polar surface area (TPSA) is 90.1 Å². The van der Waals surface area contributed by atoms with Crippen LogP contribution in [0.1, 0.15) is 5.56 Å². The van der Waals surface area contributed by atoms with E-state index >= 15 is 0 Å². The zero-order chi connectivity index (χ0) is 18.6. The van der Waals surface area contributed by atoms with Crippen molar-refractivity contribution in [2.24, 2.45) is 7.05 Å².